The predicted octanol–water partition coefficient (Wildman–Crippen LogP) is 6.78. The molecule has 2 nitrogen and oxygen atoms in total. The Bertz CT molecular complexity index is 857. The van der Waals surface area contributed by atoms with Crippen LogP contribution in [0.25, 0.3) is 0 Å². The molecule has 2 aromatic carbocycles. The molecule has 0 radical (unpaired) electrons. The van der Waals surface area contributed by atoms with Gasteiger partial charge in [-0.1, -0.05) is 38.0 Å². The van der Waals surface area contributed by atoms with Crippen molar-refractivity contribution in [3.8, 4) is 0 Å². The van der Waals surface area contributed by atoms with Crippen LogP contribution in [-0.4, -0.2) is 11.1 Å². The third kappa shape index (κ3) is 5.20. The third-order valence-electron chi connectivity index (χ3n) is 6.14. The summed E-state index contributed by atoms with van der Waals surface area (Å²) >= 11 is 0. The quantitative estimate of drug-likeness (QED) is 0.552. The molecular formula is C24H27F3O2. The van der Waals surface area contributed by atoms with Gasteiger partial charge in [0, 0.05) is 5.92 Å². The first-order chi connectivity index (χ1) is 13.9. The number of halogens is 3. The Balaban J connectivity index is 1.84. The van der Waals surface area contributed by atoms with Crippen molar-refractivity contribution in [3.05, 3.63) is 70.5 Å². The second-order valence-corrected chi connectivity index (χ2v) is 8.11. The van der Waals surface area contributed by atoms with E-state index in [4.69, 9.17) is 0 Å². The van der Waals surface area contributed by atoms with E-state index in [2.05, 4.69) is 6.92 Å². The molecule has 0 heterocycles. The van der Waals surface area contributed by atoms with Crippen LogP contribution in [0, 0.1) is 23.4 Å². The lowest BCUT2D eigenvalue weighted by Gasteiger charge is -2.29. The summed E-state index contributed by atoms with van der Waals surface area (Å²) in [5, 5.41) is 9.26. The maximum Gasteiger partial charge on any atom is 0.304 e. The normalized spacial score (nSPS) is 20.4. The molecule has 1 aliphatic carbocycles. The Morgan fingerprint density at radius 3 is 2.31 bits per heavy atom. The Labute approximate surface area is 169 Å². The minimum atomic E-state index is -1.13. The molecule has 1 aliphatic rings. The highest BCUT2D eigenvalue weighted by Gasteiger charge is 2.25. The summed E-state index contributed by atoms with van der Waals surface area (Å²) in [7, 11) is 0. The lowest BCUT2D eigenvalue weighted by molar-refractivity contribution is -0.137. The molecule has 156 valence electrons. The summed E-state index contributed by atoms with van der Waals surface area (Å²) < 4.78 is 42.0. The predicted molar refractivity (Wildman–Crippen MR) is 106 cm³/mol. The zero-order valence-electron chi connectivity index (χ0n) is 16.6. The van der Waals surface area contributed by atoms with Gasteiger partial charge < -0.3 is 5.11 Å². The highest BCUT2D eigenvalue weighted by atomic mass is 19.2. The molecule has 1 fully saturated rings. The van der Waals surface area contributed by atoms with Crippen LogP contribution in [0.2, 0.25) is 0 Å². The zero-order valence-corrected chi connectivity index (χ0v) is 16.6. The first kappa shape index (κ1) is 21.4. The topological polar surface area (TPSA) is 37.3 Å². The van der Waals surface area contributed by atoms with E-state index in [1.54, 1.807) is 6.07 Å². The van der Waals surface area contributed by atoms with E-state index in [0.29, 0.717) is 5.92 Å². The molecule has 0 amide bonds. The summed E-state index contributed by atoms with van der Waals surface area (Å²) in [4.78, 5) is 11.3. The molecule has 29 heavy (non-hydrogen) atoms. The van der Waals surface area contributed by atoms with Crippen LogP contribution in [0.3, 0.4) is 0 Å². The second kappa shape index (κ2) is 9.47. The first-order valence-corrected chi connectivity index (χ1v) is 10.3. The van der Waals surface area contributed by atoms with Gasteiger partial charge in [0.25, 0.3) is 0 Å². The van der Waals surface area contributed by atoms with Gasteiger partial charge in [-0.2, -0.15) is 0 Å². The van der Waals surface area contributed by atoms with Gasteiger partial charge >= 0.3 is 5.97 Å². The third-order valence-corrected chi connectivity index (χ3v) is 6.14. The number of hydrogen-bond donors (Lipinski definition) is 1. The van der Waals surface area contributed by atoms with Gasteiger partial charge in [0.05, 0.1) is 6.42 Å². The SMILES string of the molecule is CCCC1CCC(c2ccc(C(CC(=O)O)c3ccc(F)c(F)c3)c(F)c2)CC1. The van der Waals surface area contributed by atoms with Gasteiger partial charge in [-0.3, -0.25) is 4.79 Å². The van der Waals surface area contributed by atoms with Gasteiger partial charge in [-0.15, -0.1) is 0 Å². The van der Waals surface area contributed by atoms with Crippen molar-refractivity contribution in [2.24, 2.45) is 5.92 Å². The van der Waals surface area contributed by atoms with Crippen molar-refractivity contribution in [2.45, 2.75) is 63.7 Å². The monoisotopic (exact) mass is 404 g/mol. The van der Waals surface area contributed by atoms with Crippen molar-refractivity contribution in [2.75, 3.05) is 0 Å². The van der Waals surface area contributed by atoms with Crippen molar-refractivity contribution in [3.63, 3.8) is 0 Å². The molecule has 1 unspecified atom stereocenters. The van der Waals surface area contributed by atoms with Crippen LogP contribution in [0.4, 0.5) is 13.2 Å². The molecule has 1 N–H and O–H groups in total. The minimum Gasteiger partial charge on any atom is -0.481 e. The van der Waals surface area contributed by atoms with Gasteiger partial charge in [-0.25, -0.2) is 13.2 Å². The number of hydrogen-bond acceptors (Lipinski definition) is 1. The zero-order chi connectivity index (χ0) is 21.0. The van der Waals surface area contributed by atoms with E-state index in [1.807, 2.05) is 6.07 Å². The summed E-state index contributed by atoms with van der Waals surface area (Å²) in [5.74, 6) is -3.51. The molecule has 0 saturated heterocycles. The Kier molecular flexibility index (Phi) is 6.99. The fraction of sp³-hybridized carbons (Fsp3) is 0.458. The second-order valence-electron chi connectivity index (χ2n) is 8.11. The molecule has 0 bridgehead atoms. The molecule has 0 spiro atoms. The summed E-state index contributed by atoms with van der Waals surface area (Å²) in [5.41, 5.74) is 1.38. The van der Waals surface area contributed by atoms with Crippen molar-refractivity contribution < 1.29 is 23.1 Å². The highest BCUT2D eigenvalue weighted by Crippen LogP contribution is 2.39. The van der Waals surface area contributed by atoms with Crippen molar-refractivity contribution >= 4 is 5.97 Å². The molecular weight excluding hydrogens is 377 g/mol. The molecule has 0 aromatic heterocycles. The molecule has 3 rings (SSSR count). The van der Waals surface area contributed by atoms with Gasteiger partial charge in [0.2, 0.25) is 0 Å². The lowest BCUT2D eigenvalue weighted by atomic mass is 9.76. The summed E-state index contributed by atoms with van der Waals surface area (Å²) in [6, 6.07) is 8.17. The fourth-order valence-corrected chi connectivity index (χ4v) is 4.58. The van der Waals surface area contributed by atoms with Crippen LogP contribution >= 0.6 is 0 Å². The maximum absolute atomic E-state index is 15.0. The van der Waals surface area contributed by atoms with E-state index in [-0.39, 0.29) is 11.1 Å². The smallest absolute Gasteiger partial charge is 0.304 e. The minimum absolute atomic E-state index is 0.196. The number of carbonyl (C=O) groups is 1. The van der Waals surface area contributed by atoms with Crippen LogP contribution in [0.1, 0.15) is 80.4 Å². The van der Waals surface area contributed by atoms with E-state index < -0.39 is 35.8 Å². The Morgan fingerprint density at radius 2 is 1.72 bits per heavy atom. The number of carboxylic acid groups (broad SMARTS) is 1. The van der Waals surface area contributed by atoms with Gasteiger partial charge in [0.1, 0.15) is 5.82 Å². The molecule has 1 saturated carbocycles. The highest BCUT2D eigenvalue weighted by molar-refractivity contribution is 5.69. The molecule has 5 heteroatoms. The summed E-state index contributed by atoms with van der Waals surface area (Å²) in [6.07, 6.45) is 6.40. The average Bonchev–Trinajstić information content (AvgIpc) is 2.69. The van der Waals surface area contributed by atoms with Gasteiger partial charge in [0.15, 0.2) is 11.6 Å². The molecule has 2 aromatic rings. The lowest BCUT2D eigenvalue weighted by Crippen LogP contribution is -2.14. The number of benzene rings is 2. The van der Waals surface area contributed by atoms with Crippen LogP contribution in [0.15, 0.2) is 36.4 Å². The van der Waals surface area contributed by atoms with Crippen molar-refractivity contribution in [1.82, 2.24) is 0 Å². The number of aliphatic carboxylic acids is 1. The van der Waals surface area contributed by atoms with E-state index >= 15 is 4.39 Å². The summed E-state index contributed by atoms with van der Waals surface area (Å²) in [6.45, 7) is 2.20. The first-order valence-electron chi connectivity index (χ1n) is 10.3. The fourth-order valence-electron chi connectivity index (χ4n) is 4.58. The average molecular weight is 404 g/mol. The Morgan fingerprint density at radius 1 is 1.00 bits per heavy atom. The van der Waals surface area contributed by atoms with Crippen molar-refractivity contribution in [1.29, 1.82) is 0 Å². The number of carboxylic acids is 1. The number of rotatable bonds is 7. The van der Waals surface area contributed by atoms with Crippen LogP contribution in [-0.2, 0) is 4.79 Å². The van der Waals surface area contributed by atoms with Crippen LogP contribution < -0.4 is 0 Å². The van der Waals surface area contributed by atoms with E-state index in [9.17, 15) is 18.7 Å². The molecule has 1 atom stereocenters. The largest absolute Gasteiger partial charge is 0.481 e. The van der Waals surface area contributed by atoms with E-state index in [1.165, 1.54) is 25.0 Å². The van der Waals surface area contributed by atoms with E-state index in [0.717, 1.165) is 49.3 Å². The Hall–Kier alpha value is -2.30. The standard InChI is InChI=1S/C24H27F3O2/c1-2-3-15-4-6-16(7-5-15)17-8-10-19(22(26)12-17)20(14-24(28)29)18-9-11-21(25)23(27)13-18/h8-13,15-16,20H,2-7,14H2,1H3,(H,28,29). The van der Waals surface area contributed by atoms with Crippen LogP contribution in [0.5, 0.6) is 0 Å². The maximum atomic E-state index is 15.0. The van der Waals surface area contributed by atoms with Gasteiger partial charge in [-0.05, 0) is 72.4 Å². The molecule has 0 aliphatic heterocycles.